The average Bonchev–Trinajstić information content (AvgIpc) is 2.96. The van der Waals surface area contributed by atoms with Gasteiger partial charge in [-0.15, -0.1) is 0 Å². The third-order valence-corrected chi connectivity index (χ3v) is 3.99. The lowest BCUT2D eigenvalue weighted by atomic mass is 10.1. The number of carboxylic acid groups (broad SMARTS) is 1. The summed E-state index contributed by atoms with van der Waals surface area (Å²) < 4.78 is 0. The van der Waals surface area contributed by atoms with Gasteiger partial charge in [0.05, 0.1) is 12.3 Å². The quantitative estimate of drug-likeness (QED) is 0.653. The van der Waals surface area contributed by atoms with Crippen LogP contribution in [0.25, 0.3) is 0 Å². The van der Waals surface area contributed by atoms with Gasteiger partial charge in [-0.25, -0.2) is 0 Å². The predicted octanol–water partition coefficient (Wildman–Crippen LogP) is 0.237. The first-order valence-electron chi connectivity index (χ1n) is 8.05. The van der Waals surface area contributed by atoms with Crippen LogP contribution < -0.4 is 10.6 Å². The largest absolute Gasteiger partial charge is 0.480 e. The lowest BCUT2D eigenvalue weighted by molar-refractivity contribution is -0.137. The van der Waals surface area contributed by atoms with Crippen LogP contribution in [0.1, 0.15) is 18.9 Å². The van der Waals surface area contributed by atoms with E-state index in [0.29, 0.717) is 24.3 Å². The molecule has 0 radical (unpaired) electrons. The van der Waals surface area contributed by atoms with Crippen molar-refractivity contribution < 1.29 is 24.3 Å². The minimum Gasteiger partial charge on any atom is -0.480 e. The van der Waals surface area contributed by atoms with E-state index in [-0.39, 0.29) is 36.5 Å². The molecule has 134 valence electrons. The third-order valence-electron chi connectivity index (χ3n) is 3.99. The van der Waals surface area contributed by atoms with E-state index in [1.54, 1.807) is 29.2 Å². The minimum atomic E-state index is -1.10. The van der Waals surface area contributed by atoms with Crippen LogP contribution in [-0.2, 0) is 25.6 Å². The number of rotatable bonds is 7. The number of amides is 3. The van der Waals surface area contributed by atoms with Gasteiger partial charge in [0.1, 0.15) is 6.54 Å². The molecule has 3 N–H and O–H groups in total. The Labute approximate surface area is 145 Å². The summed E-state index contributed by atoms with van der Waals surface area (Å²) in [4.78, 5) is 47.5. The first-order chi connectivity index (χ1) is 11.9. The number of anilines is 1. The Balaban J connectivity index is 1.86. The van der Waals surface area contributed by atoms with Gasteiger partial charge in [0.25, 0.3) is 0 Å². The van der Waals surface area contributed by atoms with Crippen LogP contribution in [0.15, 0.2) is 24.3 Å². The lowest BCUT2D eigenvalue weighted by Crippen LogP contribution is -2.30. The second kappa shape index (κ2) is 8.27. The molecule has 0 aromatic heterocycles. The van der Waals surface area contributed by atoms with Crippen molar-refractivity contribution >= 4 is 29.4 Å². The zero-order valence-electron chi connectivity index (χ0n) is 13.9. The summed E-state index contributed by atoms with van der Waals surface area (Å²) in [6.07, 6.45) is 0.283. The van der Waals surface area contributed by atoms with E-state index in [0.717, 1.165) is 0 Å². The van der Waals surface area contributed by atoms with Gasteiger partial charge in [-0.3, -0.25) is 19.2 Å². The molecule has 8 heteroatoms. The van der Waals surface area contributed by atoms with Gasteiger partial charge in [-0.1, -0.05) is 12.1 Å². The van der Waals surface area contributed by atoms with Gasteiger partial charge in [-0.05, 0) is 24.6 Å². The number of hydrogen-bond donors (Lipinski definition) is 3. The number of likely N-dealkylation sites (tertiary alicyclic amines) is 1. The maximum absolute atomic E-state index is 12.2. The summed E-state index contributed by atoms with van der Waals surface area (Å²) in [5.74, 6) is -2.04. The van der Waals surface area contributed by atoms with Gasteiger partial charge in [0, 0.05) is 25.2 Å². The molecular weight excluding hydrogens is 326 g/mol. The summed E-state index contributed by atoms with van der Waals surface area (Å²) in [6.45, 7) is 2.50. The van der Waals surface area contributed by atoms with Crippen LogP contribution in [-0.4, -0.2) is 53.3 Å². The fourth-order valence-corrected chi connectivity index (χ4v) is 2.63. The third kappa shape index (κ3) is 5.30. The molecule has 0 bridgehead atoms. The molecule has 8 nitrogen and oxygen atoms in total. The van der Waals surface area contributed by atoms with E-state index in [1.807, 2.05) is 6.92 Å². The molecule has 25 heavy (non-hydrogen) atoms. The molecule has 1 atom stereocenters. The SMILES string of the molecule is CCN1CC(C(=O)Nc2ccc(CC(=O)NCC(=O)O)cc2)CC1=O. The van der Waals surface area contributed by atoms with E-state index in [2.05, 4.69) is 10.6 Å². The summed E-state index contributed by atoms with van der Waals surface area (Å²) in [6, 6.07) is 6.72. The van der Waals surface area contributed by atoms with Gasteiger partial charge in [0.2, 0.25) is 17.7 Å². The average molecular weight is 347 g/mol. The Bertz CT molecular complexity index is 671. The normalized spacial score (nSPS) is 16.6. The number of hydrogen-bond acceptors (Lipinski definition) is 4. The number of nitrogens with one attached hydrogen (secondary N) is 2. The highest BCUT2D eigenvalue weighted by Gasteiger charge is 2.33. The molecule has 1 saturated heterocycles. The predicted molar refractivity (Wildman–Crippen MR) is 89.8 cm³/mol. The molecular formula is C17H21N3O5. The molecule has 1 aliphatic rings. The first-order valence-corrected chi connectivity index (χ1v) is 8.05. The van der Waals surface area contributed by atoms with E-state index in [4.69, 9.17) is 5.11 Å². The lowest BCUT2D eigenvalue weighted by Gasteiger charge is -2.13. The second-order valence-corrected chi connectivity index (χ2v) is 5.87. The Kier molecular flexibility index (Phi) is 6.10. The number of carbonyl (C=O) groups excluding carboxylic acids is 3. The topological polar surface area (TPSA) is 116 Å². The fourth-order valence-electron chi connectivity index (χ4n) is 2.63. The fraction of sp³-hybridized carbons (Fsp3) is 0.412. The van der Waals surface area contributed by atoms with Gasteiger partial charge < -0.3 is 20.6 Å². The molecule has 1 unspecified atom stereocenters. The number of benzene rings is 1. The van der Waals surface area contributed by atoms with Crippen LogP contribution in [0.4, 0.5) is 5.69 Å². The Hall–Kier alpha value is -2.90. The van der Waals surface area contributed by atoms with Crippen LogP contribution in [0.3, 0.4) is 0 Å². The summed E-state index contributed by atoms with van der Waals surface area (Å²) >= 11 is 0. The molecule has 0 spiro atoms. The zero-order valence-corrected chi connectivity index (χ0v) is 13.9. The van der Waals surface area contributed by atoms with Crippen molar-refractivity contribution in [3.8, 4) is 0 Å². The molecule has 1 fully saturated rings. The number of carboxylic acids is 1. The van der Waals surface area contributed by atoms with Crippen LogP contribution in [0.2, 0.25) is 0 Å². The smallest absolute Gasteiger partial charge is 0.322 e. The van der Waals surface area contributed by atoms with E-state index < -0.39 is 12.5 Å². The first kappa shape index (κ1) is 18.4. The maximum Gasteiger partial charge on any atom is 0.322 e. The van der Waals surface area contributed by atoms with Crippen LogP contribution >= 0.6 is 0 Å². The summed E-state index contributed by atoms with van der Waals surface area (Å²) in [5.41, 5.74) is 1.29. The molecule has 2 rings (SSSR count). The van der Waals surface area contributed by atoms with Crippen LogP contribution in [0, 0.1) is 5.92 Å². The van der Waals surface area contributed by atoms with Gasteiger partial charge >= 0.3 is 5.97 Å². The summed E-state index contributed by atoms with van der Waals surface area (Å²) in [7, 11) is 0. The Morgan fingerprint density at radius 3 is 2.48 bits per heavy atom. The molecule has 1 aromatic rings. The van der Waals surface area contributed by atoms with E-state index >= 15 is 0 Å². The molecule has 3 amide bonds. The molecule has 0 saturated carbocycles. The second-order valence-electron chi connectivity index (χ2n) is 5.87. The zero-order chi connectivity index (χ0) is 18.4. The monoisotopic (exact) mass is 347 g/mol. The summed E-state index contributed by atoms with van der Waals surface area (Å²) in [5, 5.41) is 13.6. The molecule has 1 heterocycles. The van der Waals surface area contributed by atoms with Crippen molar-refractivity contribution in [1.82, 2.24) is 10.2 Å². The standard InChI is InChI=1S/C17H21N3O5/c1-2-20-10-12(8-15(20)22)17(25)19-13-5-3-11(4-6-13)7-14(21)18-9-16(23)24/h3-6,12H,2,7-10H2,1H3,(H,18,21)(H,19,25)(H,23,24). The van der Waals surface area contributed by atoms with Crippen molar-refractivity contribution in [2.45, 2.75) is 19.8 Å². The Morgan fingerprint density at radius 2 is 1.92 bits per heavy atom. The van der Waals surface area contributed by atoms with Crippen molar-refractivity contribution in [1.29, 1.82) is 0 Å². The van der Waals surface area contributed by atoms with Crippen molar-refractivity contribution in [3.05, 3.63) is 29.8 Å². The van der Waals surface area contributed by atoms with Crippen molar-refractivity contribution in [3.63, 3.8) is 0 Å². The van der Waals surface area contributed by atoms with E-state index in [1.165, 1.54) is 0 Å². The molecule has 1 aromatic carbocycles. The van der Waals surface area contributed by atoms with Gasteiger partial charge in [-0.2, -0.15) is 0 Å². The van der Waals surface area contributed by atoms with Crippen LogP contribution in [0.5, 0.6) is 0 Å². The number of carbonyl (C=O) groups is 4. The van der Waals surface area contributed by atoms with Crippen molar-refractivity contribution in [2.24, 2.45) is 5.92 Å². The Morgan fingerprint density at radius 1 is 1.24 bits per heavy atom. The highest BCUT2D eigenvalue weighted by Crippen LogP contribution is 2.20. The number of nitrogens with zero attached hydrogens (tertiary/aromatic N) is 1. The number of aliphatic carboxylic acids is 1. The molecule has 1 aliphatic heterocycles. The highest BCUT2D eigenvalue weighted by atomic mass is 16.4. The minimum absolute atomic E-state index is 0.00892. The molecule has 0 aliphatic carbocycles. The van der Waals surface area contributed by atoms with Crippen molar-refractivity contribution in [2.75, 3.05) is 25.0 Å². The highest BCUT2D eigenvalue weighted by molar-refractivity contribution is 5.97. The van der Waals surface area contributed by atoms with E-state index in [9.17, 15) is 19.2 Å². The van der Waals surface area contributed by atoms with Gasteiger partial charge in [0.15, 0.2) is 0 Å². The maximum atomic E-state index is 12.2.